The van der Waals surface area contributed by atoms with Gasteiger partial charge < -0.3 is 4.90 Å². The number of rotatable bonds is 3. The van der Waals surface area contributed by atoms with Gasteiger partial charge in [0.05, 0.1) is 18.3 Å². The highest BCUT2D eigenvalue weighted by atomic mass is 16.2. The highest BCUT2D eigenvalue weighted by Crippen LogP contribution is 2.32. The molecule has 1 amide bonds. The van der Waals surface area contributed by atoms with Crippen LogP contribution in [0, 0.1) is 0 Å². The normalized spacial score (nSPS) is 16.2. The maximum atomic E-state index is 13.0. The van der Waals surface area contributed by atoms with Crippen molar-refractivity contribution in [2.24, 2.45) is 0 Å². The van der Waals surface area contributed by atoms with Gasteiger partial charge in [0.15, 0.2) is 0 Å². The number of carbonyl (C=O) groups excluding carboxylic acids is 1. The first-order valence-corrected chi connectivity index (χ1v) is 8.20. The van der Waals surface area contributed by atoms with E-state index in [0.29, 0.717) is 12.1 Å². The van der Waals surface area contributed by atoms with Gasteiger partial charge in [0.25, 0.3) is 5.91 Å². The van der Waals surface area contributed by atoms with Crippen molar-refractivity contribution in [1.82, 2.24) is 9.78 Å². The molecule has 1 unspecified atom stereocenters. The Bertz CT molecular complexity index is 869. The number of hydrogen-bond donors (Lipinski definition) is 0. The SMILES string of the molecule is CC1Cc2ccccc2N1C(=O)c1cnn(Cc2ccccc2)c1. The molecule has 3 aromatic rings. The van der Waals surface area contributed by atoms with Crippen molar-refractivity contribution >= 4 is 11.6 Å². The maximum Gasteiger partial charge on any atom is 0.261 e. The molecule has 4 nitrogen and oxygen atoms in total. The molecule has 1 aromatic heterocycles. The summed E-state index contributed by atoms with van der Waals surface area (Å²) in [6.07, 6.45) is 4.40. The van der Waals surface area contributed by atoms with Gasteiger partial charge in [-0.05, 0) is 30.5 Å². The Kier molecular flexibility index (Phi) is 3.65. The lowest BCUT2D eigenvalue weighted by atomic mass is 10.1. The van der Waals surface area contributed by atoms with Crippen LogP contribution in [-0.4, -0.2) is 21.7 Å². The van der Waals surface area contributed by atoms with Crippen molar-refractivity contribution < 1.29 is 4.79 Å². The fourth-order valence-corrected chi connectivity index (χ4v) is 3.35. The Morgan fingerprint density at radius 1 is 1.12 bits per heavy atom. The first-order chi connectivity index (χ1) is 11.7. The van der Waals surface area contributed by atoms with Gasteiger partial charge in [-0.15, -0.1) is 0 Å². The van der Waals surface area contributed by atoms with Crippen LogP contribution in [0.4, 0.5) is 5.69 Å². The van der Waals surface area contributed by atoms with E-state index >= 15 is 0 Å². The Balaban J connectivity index is 1.58. The molecule has 0 saturated carbocycles. The number of amides is 1. The Hall–Kier alpha value is -2.88. The first-order valence-electron chi connectivity index (χ1n) is 8.20. The van der Waals surface area contributed by atoms with Gasteiger partial charge in [0.2, 0.25) is 0 Å². The molecule has 0 N–H and O–H groups in total. The number of hydrogen-bond acceptors (Lipinski definition) is 2. The molecular weight excluding hydrogens is 298 g/mol. The Morgan fingerprint density at radius 2 is 1.88 bits per heavy atom. The molecule has 2 heterocycles. The summed E-state index contributed by atoms with van der Waals surface area (Å²) in [7, 11) is 0. The van der Waals surface area contributed by atoms with Crippen molar-refractivity contribution in [1.29, 1.82) is 0 Å². The lowest BCUT2D eigenvalue weighted by molar-refractivity contribution is 0.0981. The van der Waals surface area contributed by atoms with Crippen LogP contribution in [0.2, 0.25) is 0 Å². The summed E-state index contributed by atoms with van der Waals surface area (Å²) < 4.78 is 1.81. The summed E-state index contributed by atoms with van der Waals surface area (Å²) >= 11 is 0. The second-order valence-corrected chi connectivity index (χ2v) is 6.27. The predicted octanol–water partition coefficient (Wildman–Crippen LogP) is 3.52. The van der Waals surface area contributed by atoms with Crippen LogP contribution in [0.5, 0.6) is 0 Å². The number of anilines is 1. The molecule has 2 aromatic carbocycles. The van der Waals surface area contributed by atoms with Crippen molar-refractivity contribution in [3.05, 3.63) is 83.7 Å². The van der Waals surface area contributed by atoms with Crippen LogP contribution in [0.15, 0.2) is 67.0 Å². The molecule has 24 heavy (non-hydrogen) atoms. The fraction of sp³-hybridized carbons (Fsp3) is 0.200. The lowest BCUT2D eigenvalue weighted by Gasteiger charge is -2.21. The molecule has 120 valence electrons. The van der Waals surface area contributed by atoms with E-state index in [1.807, 2.05) is 52.2 Å². The molecule has 1 atom stereocenters. The number of para-hydroxylation sites is 1. The van der Waals surface area contributed by atoms with Gasteiger partial charge in [-0.1, -0.05) is 48.5 Å². The third-order valence-corrected chi connectivity index (χ3v) is 4.49. The topological polar surface area (TPSA) is 38.1 Å². The second-order valence-electron chi connectivity index (χ2n) is 6.27. The second kappa shape index (κ2) is 5.96. The molecule has 0 saturated heterocycles. The molecule has 1 aliphatic rings. The molecule has 0 spiro atoms. The Morgan fingerprint density at radius 3 is 2.71 bits per heavy atom. The quantitative estimate of drug-likeness (QED) is 0.741. The first kappa shape index (κ1) is 14.7. The van der Waals surface area contributed by atoms with E-state index in [0.717, 1.165) is 12.1 Å². The largest absolute Gasteiger partial charge is 0.305 e. The minimum absolute atomic E-state index is 0.0201. The van der Waals surface area contributed by atoms with Gasteiger partial charge in [0, 0.05) is 17.9 Å². The maximum absolute atomic E-state index is 13.0. The van der Waals surface area contributed by atoms with Crippen molar-refractivity contribution in [3.63, 3.8) is 0 Å². The highest BCUT2D eigenvalue weighted by Gasteiger charge is 2.31. The fourth-order valence-electron chi connectivity index (χ4n) is 3.35. The van der Waals surface area contributed by atoms with E-state index in [2.05, 4.69) is 30.2 Å². The van der Waals surface area contributed by atoms with E-state index in [1.165, 1.54) is 11.1 Å². The predicted molar refractivity (Wildman–Crippen MR) is 94.2 cm³/mol. The zero-order chi connectivity index (χ0) is 16.5. The summed E-state index contributed by atoms with van der Waals surface area (Å²) in [4.78, 5) is 14.8. The lowest BCUT2D eigenvalue weighted by Crippen LogP contribution is -2.35. The molecule has 4 heteroatoms. The Labute approximate surface area is 141 Å². The molecule has 0 bridgehead atoms. The number of carbonyl (C=O) groups is 1. The van der Waals surface area contributed by atoms with Gasteiger partial charge in [0.1, 0.15) is 0 Å². The van der Waals surface area contributed by atoms with Crippen LogP contribution in [0.1, 0.15) is 28.4 Å². The molecule has 0 aliphatic carbocycles. The van der Waals surface area contributed by atoms with Crippen molar-refractivity contribution in [2.45, 2.75) is 25.9 Å². The monoisotopic (exact) mass is 317 g/mol. The third kappa shape index (κ3) is 2.60. The molecule has 4 rings (SSSR count). The molecular formula is C20H19N3O. The summed E-state index contributed by atoms with van der Waals surface area (Å²) in [6, 6.07) is 18.4. The zero-order valence-corrected chi connectivity index (χ0v) is 13.6. The smallest absolute Gasteiger partial charge is 0.261 e. The number of aromatic nitrogens is 2. The van der Waals surface area contributed by atoms with Crippen molar-refractivity contribution in [3.8, 4) is 0 Å². The van der Waals surface area contributed by atoms with E-state index in [-0.39, 0.29) is 11.9 Å². The highest BCUT2D eigenvalue weighted by molar-refractivity contribution is 6.07. The van der Waals surface area contributed by atoms with Gasteiger partial charge in [-0.25, -0.2) is 0 Å². The van der Waals surface area contributed by atoms with E-state index in [9.17, 15) is 4.79 Å². The van der Waals surface area contributed by atoms with Crippen LogP contribution >= 0.6 is 0 Å². The molecule has 0 fully saturated rings. The van der Waals surface area contributed by atoms with Gasteiger partial charge in [-0.2, -0.15) is 5.10 Å². The average molecular weight is 317 g/mol. The van der Waals surface area contributed by atoms with E-state index in [1.54, 1.807) is 6.20 Å². The number of nitrogens with zero attached hydrogens (tertiary/aromatic N) is 3. The van der Waals surface area contributed by atoms with E-state index < -0.39 is 0 Å². The standard InChI is InChI=1S/C20H19N3O/c1-15-11-17-9-5-6-10-19(17)23(15)20(24)18-12-21-22(14-18)13-16-7-3-2-4-8-16/h2-10,12,14-15H,11,13H2,1H3. The average Bonchev–Trinajstić information content (AvgIpc) is 3.19. The number of fused-ring (bicyclic) bond motifs is 1. The summed E-state index contributed by atoms with van der Waals surface area (Å²) in [5.74, 6) is 0.0201. The molecule has 1 aliphatic heterocycles. The summed E-state index contributed by atoms with van der Waals surface area (Å²) in [5, 5.41) is 4.35. The van der Waals surface area contributed by atoms with Gasteiger partial charge in [-0.3, -0.25) is 9.48 Å². The summed E-state index contributed by atoms with van der Waals surface area (Å²) in [5.41, 5.74) is 4.05. The third-order valence-electron chi connectivity index (χ3n) is 4.49. The van der Waals surface area contributed by atoms with Crippen LogP contribution in [0.3, 0.4) is 0 Å². The summed E-state index contributed by atoms with van der Waals surface area (Å²) in [6.45, 7) is 2.76. The number of benzene rings is 2. The van der Waals surface area contributed by atoms with E-state index in [4.69, 9.17) is 0 Å². The van der Waals surface area contributed by atoms with Crippen LogP contribution in [0.25, 0.3) is 0 Å². The van der Waals surface area contributed by atoms with Crippen LogP contribution in [-0.2, 0) is 13.0 Å². The molecule has 0 radical (unpaired) electrons. The minimum atomic E-state index is 0.0201. The zero-order valence-electron chi connectivity index (χ0n) is 13.6. The van der Waals surface area contributed by atoms with Crippen molar-refractivity contribution in [2.75, 3.05) is 4.90 Å². The minimum Gasteiger partial charge on any atom is -0.305 e. The van der Waals surface area contributed by atoms with Crippen LogP contribution < -0.4 is 4.90 Å². The van der Waals surface area contributed by atoms with Gasteiger partial charge >= 0.3 is 0 Å².